The summed E-state index contributed by atoms with van der Waals surface area (Å²) in [6.07, 6.45) is 2.44. The van der Waals surface area contributed by atoms with Gasteiger partial charge in [0.15, 0.2) is 11.7 Å². The molecule has 0 spiro atoms. The van der Waals surface area contributed by atoms with Crippen molar-refractivity contribution in [2.45, 2.75) is 40.2 Å². The predicted molar refractivity (Wildman–Crippen MR) is 117 cm³/mol. The van der Waals surface area contributed by atoms with Crippen LogP contribution in [-0.2, 0) is 22.6 Å². The maximum atomic E-state index is 12.2. The van der Waals surface area contributed by atoms with E-state index in [-0.39, 0.29) is 17.7 Å². The first-order valence-electron chi connectivity index (χ1n) is 10.1. The third kappa shape index (κ3) is 6.04. The normalized spacial score (nSPS) is 10.8. The molecule has 3 rings (SSSR count). The van der Waals surface area contributed by atoms with Gasteiger partial charge in [0, 0.05) is 36.6 Å². The molecule has 0 saturated carbocycles. The molecule has 1 aromatic heterocycles. The van der Waals surface area contributed by atoms with Crippen LogP contribution in [0.3, 0.4) is 0 Å². The van der Waals surface area contributed by atoms with Crippen molar-refractivity contribution in [3.63, 3.8) is 0 Å². The average molecular weight is 405 g/mol. The number of benzene rings is 2. The van der Waals surface area contributed by atoms with Gasteiger partial charge in [0.1, 0.15) is 0 Å². The SMILES string of the molecule is Cc1ccc(-c2cnc(CCC(=O)NCc3ccc(NC(=O)C(C)C)cc3)o2)cc1. The Morgan fingerprint density at radius 1 is 1.03 bits per heavy atom. The van der Waals surface area contributed by atoms with Crippen molar-refractivity contribution in [3.05, 3.63) is 71.7 Å². The first kappa shape index (κ1) is 21.3. The second-order valence-corrected chi connectivity index (χ2v) is 7.60. The van der Waals surface area contributed by atoms with E-state index in [0.717, 1.165) is 16.8 Å². The van der Waals surface area contributed by atoms with Gasteiger partial charge in [-0.05, 0) is 24.6 Å². The number of carbonyl (C=O) groups is 2. The number of amides is 2. The molecule has 2 N–H and O–H groups in total. The third-order valence-electron chi connectivity index (χ3n) is 4.69. The van der Waals surface area contributed by atoms with Crippen molar-refractivity contribution < 1.29 is 14.0 Å². The Morgan fingerprint density at radius 3 is 2.40 bits per heavy atom. The van der Waals surface area contributed by atoms with Crippen molar-refractivity contribution in [2.24, 2.45) is 5.92 Å². The molecule has 0 unspecified atom stereocenters. The summed E-state index contributed by atoms with van der Waals surface area (Å²) in [7, 11) is 0. The fraction of sp³-hybridized carbons (Fsp3) is 0.292. The Bertz CT molecular complexity index is 989. The van der Waals surface area contributed by atoms with E-state index in [9.17, 15) is 9.59 Å². The van der Waals surface area contributed by atoms with E-state index in [1.165, 1.54) is 5.56 Å². The molecule has 1 heterocycles. The zero-order valence-electron chi connectivity index (χ0n) is 17.6. The summed E-state index contributed by atoms with van der Waals surface area (Å²) >= 11 is 0. The van der Waals surface area contributed by atoms with Crippen molar-refractivity contribution in [3.8, 4) is 11.3 Å². The van der Waals surface area contributed by atoms with Crippen LogP contribution in [0.25, 0.3) is 11.3 Å². The Balaban J connectivity index is 1.44. The van der Waals surface area contributed by atoms with Gasteiger partial charge in [-0.2, -0.15) is 0 Å². The van der Waals surface area contributed by atoms with Crippen LogP contribution in [0.2, 0.25) is 0 Å². The Labute approximate surface area is 176 Å². The number of hydrogen-bond acceptors (Lipinski definition) is 4. The molecule has 30 heavy (non-hydrogen) atoms. The van der Waals surface area contributed by atoms with Gasteiger partial charge >= 0.3 is 0 Å². The van der Waals surface area contributed by atoms with E-state index in [1.807, 2.05) is 69.3 Å². The van der Waals surface area contributed by atoms with E-state index in [2.05, 4.69) is 15.6 Å². The molecule has 0 saturated heterocycles. The lowest BCUT2D eigenvalue weighted by Crippen LogP contribution is -2.23. The van der Waals surface area contributed by atoms with Gasteiger partial charge < -0.3 is 15.1 Å². The highest BCUT2D eigenvalue weighted by atomic mass is 16.4. The molecular weight excluding hydrogens is 378 g/mol. The van der Waals surface area contributed by atoms with E-state index >= 15 is 0 Å². The smallest absolute Gasteiger partial charge is 0.226 e. The molecule has 2 aromatic carbocycles. The Hall–Kier alpha value is -3.41. The number of aryl methyl sites for hydroxylation is 2. The van der Waals surface area contributed by atoms with Gasteiger partial charge in [0.2, 0.25) is 11.8 Å². The number of hydrogen-bond donors (Lipinski definition) is 2. The Morgan fingerprint density at radius 2 is 1.73 bits per heavy atom. The van der Waals surface area contributed by atoms with Gasteiger partial charge in [-0.15, -0.1) is 0 Å². The van der Waals surface area contributed by atoms with Crippen LogP contribution in [0.4, 0.5) is 5.69 Å². The largest absolute Gasteiger partial charge is 0.441 e. The maximum absolute atomic E-state index is 12.2. The predicted octanol–water partition coefficient (Wildman–Crippen LogP) is 4.49. The summed E-state index contributed by atoms with van der Waals surface area (Å²) in [5.74, 6) is 1.09. The van der Waals surface area contributed by atoms with Crippen LogP contribution in [-0.4, -0.2) is 16.8 Å². The lowest BCUT2D eigenvalue weighted by Gasteiger charge is -2.09. The summed E-state index contributed by atoms with van der Waals surface area (Å²) < 4.78 is 5.76. The summed E-state index contributed by atoms with van der Waals surface area (Å²) in [4.78, 5) is 28.1. The van der Waals surface area contributed by atoms with E-state index in [0.29, 0.717) is 31.0 Å². The fourth-order valence-corrected chi connectivity index (χ4v) is 2.78. The standard InChI is InChI=1S/C24H27N3O3/c1-16(2)24(29)27-20-10-6-18(7-11-20)14-25-22(28)12-13-23-26-15-21(30-23)19-8-4-17(3)5-9-19/h4-11,15-16H,12-14H2,1-3H3,(H,25,28)(H,27,29). The minimum Gasteiger partial charge on any atom is -0.441 e. The first-order valence-corrected chi connectivity index (χ1v) is 10.1. The van der Waals surface area contributed by atoms with Crippen molar-refractivity contribution in [1.82, 2.24) is 10.3 Å². The second-order valence-electron chi connectivity index (χ2n) is 7.60. The summed E-state index contributed by atoms with van der Waals surface area (Å²) in [6.45, 7) is 6.16. The minimum absolute atomic E-state index is 0.0203. The highest BCUT2D eigenvalue weighted by Gasteiger charge is 2.10. The van der Waals surface area contributed by atoms with Gasteiger partial charge in [0.05, 0.1) is 6.20 Å². The van der Waals surface area contributed by atoms with Crippen LogP contribution in [0.5, 0.6) is 0 Å². The van der Waals surface area contributed by atoms with Crippen molar-refractivity contribution in [1.29, 1.82) is 0 Å². The van der Waals surface area contributed by atoms with Crippen LogP contribution in [0.15, 0.2) is 59.1 Å². The molecule has 0 bridgehead atoms. The lowest BCUT2D eigenvalue weighted by molar-refractivity contribution is -0.121. The molecule has 0 aliphatic heterocycles. The molecule has 6 heteroatoms. The van der Waals surface area contributed by atoms with Gasteiger partial charge in [0.25, 0.3) is 0 Å². The topological polar surface area (TPSA) is 84.2 Å². The monoisotopic (exact) mass is 405 g/mol. The van der Waals surface area contributed by atoms with Gasteiger partial charge in [-0.25, -0.2) is 4.98 Å². The van der Waals surface area contributed by atoms with Gasteiger partial charge in [-0.1, -0.05) is 55.8 Å². The minimum atomic E-state index is -0.0689. The molecular formula is C24H27N3O3. The lowest BCUT2D eigenvalue weighted by atomic mass is 10.1. The number of nitrogens with one attached hydrogen (secondary N) is 2. The number of nitrogens with zero attached hydrogens (tertiary/aromatic N) is 1. The molecule has 0 aliphatic carbocycles. The van der Waals surface area contributed by atoms with Crippen molar-refractivity contribution >= 4 is 17.5 Å². The van der Waals surface area contributed by atoms with Crippen LogP contribution >= 0.6 is 0 Å². The number of oxazole rings is 1. The number of aromatic nitrogens is 1. The molecule has 0 fully saturated rings. The van der Waals surface area contributed by atoms with Gasteiger partial charge in [-0.3, -0.25) is 9.59 Å². The summed E-state index contributed by atoms with van der Waals surface area (Å²) in [6, 6.07) is 15.5. The van der Waals surface area contributed by atoms with Crippen LogP contribution in [0.1, 0.15) is 37.3 Å². The molecule has 2 amide bonds. The maximum Gasteiger partial charge on any atom is 0.226 e. The first-order chi connectivity index (χ1) is 14.4. The highest BCUT2D eigenvalue weighted by molar-refractivity contribution is 5.92. The molecule has 156 valence electrons. The average Bonchev–Trinajstić information content (AvgIpc) is 3.21. The number of anilines is 1. The van der Waals surface area contributed by atoms with Crippen LogP contribution in [0, 0.1) is 12.8 Å². The van der Waals surface area contributed by atoms with Crippen molar-refractivity contribution in [2.75, 3.05) is 5.32 Å². The zero-order chi connectivity index (χ0) is 21.5. The summed E-state index contributed by atoms with van der Waals surface area (Å²) in [5.41, 5.74) is 3.86. The summed E-state index contributed by atoms with van der Waals surface area (Å²) in [5, 5.41) is 5.74. The Kier molecular flexibility index (Phi) is 7.01. The zero-order valence-corrected chi connectivity index (χ0v) is 17.6. The molecule has 6 nitrogen and oxygen atoms in total. The quantitative estimate of drug-likeness (QED) is 0.578. The number of carbonyl (C=O) groups excluding carboxylic acids is 2. The molecule has 3 aromatic rings. The highest BCUT2D eigenvalue weighted by Crippen LogP contribution is 2.21. The van der Waals surface area contributed by atoms with E-state index in [4.69, 9.17) is 4.42 Å². The number of rotatable bonds is 8. The van der Waals surface area contributed by atoms with Crippen LogP contribution < -0.4 is 10.6 Å². The van der Waals surface area contributed by atoms with E-state index < -0.39 is 0 Å². The molecule has 0 aliphatic rings. The van der Waals surface area contributed by atoms with E-state index in [1.54, 1.807) is 6.20 Å². The fourth-order valence-electron chi connectivity index (χ4n) is 2.78. The molecule has 0 radical (unpaired) electrons. The molecule has 0 atom stereocenters. The third-order valence-corrected chi connectivity index (χ3v) is 4.69. The second kappa shape index (κ2) is 9.87.